The van der Waals surface area contributed by atoms with Crippen LogP contribution < -0.4 is 11.1 Å². The minimum atomic E-state index is -0.950. The van der Waals surface area contributed by atoms with E-state index in [1.54, 1.807) is 38.4 Å². The van der Waals surface area contributed by atoms with Gasteiger partial charge < -0.3 is 11.1 Å². The number of Topliss-reactive ketones (excluding diaryl/α,β-unsaturated/α-hetero) is 1. The van der Waals surface area contributed by atoms with Crippen molar-refractivity contribution in [3.63, 3.8) is 0 Å². The van der Waals surface area contributed by atoms with Crippen molar-refractivity contribution in [3.8, 4) is 0 Å². The lowest BCUT2D eigenvalue weighted by molar-refractivity contribution is 0.0913. The van der Waals surface area contributed by atoms with E-state index < -0.39 is 5.54 Å². The van der Waals surface area contributed by atoms with E-state index in [4.69, 9.17) is 22.3 Å². The van der Waals surface area contributed by atoms with Gasteiger partial charge >= 0.3 is 0 Å². The molecule has 0 aliphatic carbocycles. The molecule has 0 spiro atoms. The molecule has 2 aromatic carbocycles. The number of rotatable bonds is 4. The van der Waals surface area contributed by atoms with Gasteiger partial charge in [-0.3, -0.25) is 9.78 Å². The number of nitrogens with zero attached hydrogens (tertiary/aromatic N) is 2. The van der Waals surface area contributed by atoms with Crippen LogP contribution in [0.15, 0.2) is 60.9 Å². The quantitative estimate of drug-likeness (QED) is 0.374. The molecule has 4 aromatic rings. The predicted octanol–water partition coefficient (Wildman–Crippen LogP) is 5.10. The van der Waals surface area contributed by atoms with Crippen LogP contribution >= 0.6 is 11.6 Å². The topological polar surface area (TPSA) is 80.9 Å². The lowest BCUT2D eigenvalue weighted by Gasteiger charge is -2.17. The molecule has 4 rings (SSSR count). The molecule has 0 radical (unpaired) electrons. The van der Waals surface area contributed by atoms with Crippen LogP contribution in [0.25, 0.3) is 21.7 Å². The molecule has 0 fully saturated rings. The van der Waals surface area contributed by atoms with Crippen molar-refractivity contribution >= 4 is 50.6 Å². The summed E-state index contributed by atoms with van der Waals surface area (Å²) < 4.78 is 0. The molecule has 140 valence electrons. The highest BCUT2D eigenvalue weighted by molar-refractivity contribution is 6.30. The van der Waals surface area contributed by atoms with Gasteiger partial charge in [0.05, 0.1) is 11.1 Å². The van der Waals surface area contributed by atoms with E-state index in [-0.39, 0.29) is 5.78 Å². The zero-order chi connectivity index (χ0) is 19.9. The lowest BCUT2D eigenvalue weighted by atomic mass is 9.93. The average Bonchev–Trinajstić information content (AvgIpc) is 2.66. The number of pyridine rings is 2. The SMILES string of the molecule is CC(C)(N)C(=O)c1ccc2c(c1)nc(Nc1cccc(Cl)c1)c1ccncc12. The lowest BCUT2D eigenvalue weighted by Crippen LogP contribution is -2.41. The second kappa shape index (κ2) is 6.86. The Morgan fingerprint density at radius 3 is 2.64 bits per heavy atom. The molecular formula is C22H19ClN4O. The van der Waals surface area contributed by atoms with Gasteiger partial charge in [-0.1, -0.05) is 29.8 Å². The molecule has 0 saturated carbocycles. The van der Waals surface area contributed by atoms with Gasteiger partial charge in [-0.25, -0.2) is 4.98 Å². The minimum Gasteiger partial charge on any atom is -0.340 e. The van der Waals surface area contributed by atoms with E-state index in [0.717, 1.165) is 21.8 Å². The number of nitrogens with one attached hydrogen (secondary N) is 1. The van der Waals surface area contributed by atoms with E-state index in [2.05, 4.69) is 10.3 Å². The third-order valence-electron chi connectivity index (χ3n) is 4.53. The molecule has 0 aliphatic heterocycles. The van der Waals surface area contributed by atoms with E-state index in [9.17, 15) is 4.79 Å². The monoisotopic (exact) mass is 390 g/mol. The number of fused-ring (bicyclic) bond motifs is 3. The van der Waals surface area contributed by atoms with Gasteiger partial charge in [0.15, 0.2) is 5.78 Å². The Kier molecular flexibility index (Phi) is 4.49. The second-order valence-electron chi connectivity index (χ2n) is 7.30. The van der Waals surface area contributed by atoms with Gasteiger partial charge in [-0.15, -0.1) is 0 Å². The normalized spacial score (nSPS) is 11.7. The van der Waals surface area contributed by atoms with Gasteiger partial charge in [0.25, 0.3) is 0 Å². The van der Waals surface area contributed by atoms with Crippen molar-refractivity contribution in [3.05, 3.63) is 71.5 Å². The fourth-order valence-electron chi connectivity index (χ4n) is 3.16. The highest BCUT2D eigenvalue weighted by Crippen LogP contribution is 2.31. The zero-order valence-corrected chi connectivity index (χ0v) is 16.3. The molecule has 0 bridgehead atoms. The summed E-state index contributed by atoms with van der Waals surface area (Å²) in [5, 5.41) is 6.76. The Hall–Kier alpha value is -3.02. The number of halogens is 1. The van der Waals surface area contributed by atoms with E-state index in [0.29, 0.717) is 21.9 Å². The number of carbonyl (C=O) groups excluding carboxylic acids is 1. The summed E-state index contributed by atoms with van der Waals surface area (Å²) in [4.78, 5) is 21.6. The van der Waals surface area contributed by atoms with E-state index in [1.807, 2.05) is 36.4 Å². The molecule has 6 heteroatoms. The van der Waals surface area contributed by atoms with Gasteiger partial charge in [-0.2, -0.15) is 0 Å². The minimum absolute atomic E-state index is 0.133. The molecule has 5 nitrogen and oxygen atoms in total. The van der Waals surface area contributed by atoms with Crippen LogP contribution in [0.3, 0.4) is 0 Å². The zero-order valence-electron chi connectivity index (χ0n) is 15.5. The number of anilines is 2. The third-order valence-corrected chi connectivity index (χ3v) is 4.77. The number of aromatic nitrogens is 2. The molecule has 0 aliphatic rings. The van der Waals surface area contributed by atoms with Crippen LogP contribution in [0.1, 0.15) is 24.2 Å². The largest absolute Gasteiger partial charge is 0.340 e. The van der Waals surface area contributed by atoms with Crippen molar-refractivity contribution in [2.75, 3.05) is 5.32 Å². The van der Waals surface area contributed by atoms with Gasteiger partial charge in [-0.05, 0) is 44.2 Å². The first-order valence-corrected chi connectivity index (χ1v) is 9.24. The van der Waals surface area contributed by atoms with Gasteiger partial charge in [0.1, 0.15) is 5.82 Å². The van der Waals surface area contributed by atoms with Crippen LogP contribution in [-0.2, 0) is 0 Å². The molecule has 0 atom stereocenters. The summed E-state index contributed by atoms with van der Waals surface area (Å²) in [6.07, 6.45) is 3.53. The maximum atomic E-state index is 12.6. The fraction of sp³-hybridized carbons (Fsp3) is 0.136. The third kappa shape index (κ3) is 3.42. The Morgan fingerprint density at radius 2 is 1.89 bits per heavy atom. The van der Waals surface area contributed by atoms with Crippen LogP contribution in [0.2, 0.25) is 5.02 Å². The maximum absolute atomic E-state index is 12.6. The summed E-state index contributed by atoms with van der Waals surface area (Å²) >= 11 is 6.10. The van der Waals surface area contributed by atoms with Crippen LogP contribution in [-0.4, -0.2) is 21.3 Å². The van der Waals surface area contributed by atoms with Gasteiger partial charge in [0.2, 0.25) is 0 Å². The van der Waals surface area contributed by atoms with Crippen molar-refractivity contribution in [2.24, 2.45) is 5.73 Å². The predicted molar refractivity (Wildman–Crippen MR) is 114 cm³/mol. The fourth-order valence-corrected chi connectivity index (χ4v) is 3.35. The Balaban J connectivity index is 1.91. The highest BCUT2D eigenvalue weighted by atomic mass is 35.5. The van der Waals surface area contributed by atoms with Crippen LogP contribution in [0.4, 0.5) is 11.5 Å². The first kappa shape index (κ1) is 18.3. The van der Waals surface area contributed by atoms with Crippen molar-refractivity contribution in [1.29, 1.82) is 0 Å². The van der Waals surface area contributed by atoms with Crippen molar-refractivity contribution in [1.82, 2.24) is 9.97 Å². The molecule has 3 N–H and O–H groups in total. The van der Waals surface area contributed by atoms with Crippen LogP contribution in [0, 0.1) is 0 Å². The summed E-state index contributed by atoms with van der Waals surface area (Å²) in [7, 11) is 0. The molecule has 0 saturated heterocycles. The number of carbonyl (C=O) groups is 1. The van der Waals surface area contributed by atoms with E-state index in [1.165, 1.54) is 0 Å². The average molecular weight is 391 g/mol. The molecule has 2 heterocycles. The molecule has 0 unspecified atom stereocenters. The Bertz CT molecular complexity index is 1210. The first-order chi connectivity index (χ1) is 13.3. The standard InChI is InChI=1S/C22H19ClN4O/c1-22(2,24)20(28)13-6-7-16-18-12-25-9-8-17(18)21(27-19(16)10-13)26-15-5-3-4-14(23)11-15/h3-12H,24H2,1-2H3,(H,26,27). The van der Waals surface area contributed by atoms with Crippen molar-refractivity contribution < 1.29 is 4.79 Å². The smallest absolute Gasteiger partial charge is 0.182 e. The van der Waals surface area contributed by atoms with Crippen molar-refractivity contribution in [2.45, 2.75) is 19.4 Å². The van der Waals surface area contributed by atoms with Crippen LogP contribution in [0.5, 0.6) is 0 Å². The number of nitrogens with two attached hydrogens (primary N) is 1. The summed E-state index contributed by atoms with van der Waals surface area (Å²) in [5.74, 6) is 0.538. The number of hydrogen-bond acceptors (Lipinski definition) is 5. The van der Waals surface area contributed by atoms with E-state index >= 15 is 0 Å². The van der Waals surface area contributed by atoms with Gasteiger partial charge in [0, 0.05) is 44.8 Å². The second-order valence-corrected chi connectivity index (χ2v) is 7.74. The Labute approximate surface area is 167 Å². The molecule has 0 amide bonds. The summed E-state index contributed by atoms with van der Waals surface area (Å²) in [6, 6.07) is 14.8. The number of hydrogen-bond donors (Lipinski definition) is 2. The summed E-state index contributed by atoms with van der Waals surface area (Å²) in [6.45, 7) is 3.40. The maximum Gasteiger partial charge on any atom is 0.182 e. The molecule has 2 aromatic heterocycles. The first-order valence-electron chi connectivity index (χ1n) is 8.87. The highest BCUT2D eigenvalue weighted by Gasteiger charge is 2.24. The number of benzene rings is 2. The Morgan fingerprint density at radius 1 is 1.07 bits per heavy atom. The molecule has 28 heavy (non-hydrogen) atoms. The summed E-state index contributed by atoms with van der Waals surface area (Å²) in [5.41, 5.74) is 7.09. The molecular weight excluding hydrogens is 372 g/mol. The number of ketones is 1.